The van der Waals surface area contributed by atoms with Gasteiger partial charge in [0.1, 0.15) is 0 Å². The molecule has 0 saturated carbocycles. The van der Waals surface area contributed by atoms with E-state index < -0.39 is 26.7 Å². The number of hydrogen-bond donors (Lipinski definition) is 0. The van der Waals surface area contributed by atoms with E-state index in [0.717, 1.165) is 10.4 Å². The summed E-state index contributed by atoms with van der Waals surface area (Å²) < 4.78 is 26.8. The summed E-state index contributed by atoms with van der Waals surface area (Å²) in [5.41, 5.74) is -0.485. The summed E-state index contributed by atoms with van der Waals surface area (Å²) in [5.74, 6) is 0. The van der Waals surface area contributed by atoms with Crippen LogP contribution in [0.15, 0.2) is 27.6 Å². The highest BCUT2D eigenvalue weighted by Gasteiger charge is 2.33. The van der Waals surface area contributed by atoms with E-state index in [4.69, 9.17) is 5.26 Å². The van der Waals surface area contributed by atoms with E-state index in [1.807, 2.05) is 6.07 Å². The lowest BCUT2D eigenvalue weighted by atomic mass is 10.3. The van der Waals surface area contributed by atoms with Gasteiger partial charge in [-0.05, 0) is 26.0 Å². The van der Waals surface area contributed by atoms with Crippen LogP contribution >= 0.6 is 15.9 Å². The van der Waals surface area contributed by atoms with Crippen molar-refractivity contribution in [2.75, 3.05) is 6.54 Å². The van der Waals surface area contributed by atoms with Gasteiger partial charge in [-0.1, -0.05) is 15.9 Å². The summed E-state index contributed by atoms with van der Waals surface area (Å²) in [7, 11) is -4.06. The molecule has 0 spiro atoms. The number of benzene rings is 1. The Labute approximate surface area is 131 Å². The van der Waals surface area contributed by atoms with E-state index in [1.165, 1.54) is 12.1 Å². The number of hydrogen-bond acceptors (Lipinski definition) is 5. The second-order valence-electron chi connectivity index (χ2n) is 4.49. The van der Waals surface area contributed by atoms with E-state index in [1.54, 1.807) is 13.8 Å². The molecule has 0 fully saturated rings. The van der Waals surface area contributed by atoms with Gasteiger partial charge < -0.3 is 0 Å². The molecule has 0 aliphatic rings. The number of nitro groups is 1. The van der Waals surface area contributed by atoms with Crippen LogP contribution in [-0.2, 0) is 10.0 Å². The summed E-state index contributed by atoms with van der Waals surface area (Å²) in [6, 6.07) is 5.21. The fourth-order valence-electron chi connectivity index (χ4n) is 1.79. The van der Waals surface area contributed by atoms with Crippen molar-refractivity contribution in [1.29, 1.82) is 5.26 Å². The Morgan fingerprint density at radius 3 is 2.57 bits per heavy atom. The number of rotatable bonds is 6. The van der Waals surface area contributed by atoms with Gasteiger partial charge in [0.05, 0.1) is 11.0 Å². The molecule has 1 aromatic rings. The summed E-state index contributed by atoms with van der Waals surface area (Å²) >= 11 is 3.12. The number of nitrogens with zero attached hydrogens (tertiary/aromatic N) is 3. The van der Waals surface area contributed by atoms with Gasteiger partial charge in [0.25, 0.3) is 5.69 Å². The smallest absolute Gasteiger partial charge is 0.258 e. The van der Waals surface area contributed by atoms with Crippen molar-refractivity contribution in [3.8, 4) is 6.07 Å². The van der Waals surface area contributed by atoms with Gasteiger partial charge in [-0.25, -0.2) is 8.42 Å². The Morgan fingerprint density at radius 1 is 1.48 bits per heavy atom. The van der Waals surface area contributed by atoms with Crippen molar-refractivity contribution in [2.24, 2.45) is 0 Å². The largest absolute Gasteiger partial charge is 0.289 e. The van der Waals surface area contributed by atoms with Crippen LogP contribution in [0.25, 0.3) is 0 Å². The predicted octanol–water partition coefficient (Wildman–Crippen LogP) is 2.67. The zero-order chi connectivity index (χ0) is 16.2. The minimum atomic E-state index is -4.06. The first kappa shape index (κ1) is 17.6. The van der Waals surface area contributed by atoms with Gasteiger partial charge >= 0.3 is 0 Å². The SMILES string of the molecule is CC(C)N(CCC#N)S(=O)(=O)c1cc(Br)ccc1[N+](=O)[O-]. The predicted molar refractivity (Wildman–Crippen MR) is 80.1 cm³/mol. The molecule has 0 bridgehead atoms. The summed E-state index contributed by atoms with van der Waals surface area (Å²) in [4.78, 5) is 9.93. The minimum absolute atomic E-state index is 0.0131. The Bertz CT molecular complexity index is 682. The molecule has 21 heavy (non-hydrogen) atoms. The molecular formula is C12H14BrN3O4S. The third kappa shape index (κ3) is 4.00. The topological polar surface area (TPSA) is 104 Å². The average molecular weight is 376 g/mol. The highest BCUT2D eigenvalue weighted by molar-refractivity contribution is 9.10. The second-order valence-corrected chi connectivity index (χ2v) is 7.26. The highest BCUT2D eigenvalue weighted by Crippen LogP contribution is 2.30. The van der Waals surface area contributed by atoms with E-state index in [-0.39, 0.29) is 17.9 Å². The maximum Gasteiger partial charge on any atom is 0.289 e. The molecule has 1 aromatic carbocycles. The Balaban J connectivity index is 3.44. The molecule has 7 nitrogen and oxygen atoms in total. The lowest BCUT2D eigenvalue weighted by Crippen LogP contribution is -2.37. The van der Waals surface area contributed by atoms with Crippen LogP contribution in [0, 0.1) is 21.4 Å². The minimum Gasteiger partial charge on any atom is -0.258 e. The molecule has 1 rings (SSSR count). The van der Waals surface area contributed by atoms with Crippen molar-refractivity contribution < 1.29 is 13.3 Å². The van der Waals surface area contributed by atoms with Crippen LogP contribution in [-0.4, -0.2) is 30.2 Å². The van der Waals surface area contributed by atoms with Crippen LogP contribution in [0.4, 0.5) is 5.69 Å². The molecule has 0 amide bonds. The molecular weight excluding hydrogens is 362 g/mol. The third-order valence-corrected chi connectivity index (χ3v) is 5.32. The van der Waals surface area contributed by atoms with Crippen molar-refractivity contribution in [1.82, 2.24) is 4.31 Å². The van der Waals surface area contributed by atoms with Crippen molar-refractivity contribution in [3.05, 3.63) is 32.8 Å². The zero-order valence-electron chi connectivity index (χ0n) is 11.5. The Morgan fingerprint density at radius 2 is 2.10 bits per heavy atom. The Hall–Kier alpha value is -1.50. The van der Waals surface area contributed by atoms with Gasteiger partial charge in [0.2, 0.25) is 10.0 Å². The first-order chi connectivity index (χ1) is 9.71. The lowest BCUT2D eigenvalue weighted by molar-refractivity contribution is -0.387. The number of nitriles is 1. The second kappa shape index (κ2) is 6.98. The standard InChI is InChI=1S/C12H14BrN3O4S/c1-9(2)15(7-3-6-14)21(19,20)12-8-10(13)4-5-11(12)16(17)18/h4-5,8-9H,3,7H2,1-2H3. The fourth-order valence-corrected chi connectivity index (χ4v) is 4.12. The first-order valence-electron chi connectivity index (χ1n) is 6.04. The van der Waals surface area contributed by atoms with E-state index in [2.05, 4.69) is 15.9 Å². The van der Waals surface area contributed by atoms with Crippen LogP contribution in [0.5, 0.6) is 0 Å². The molecule has 0 unspecified atom stereocenters. The first-order valence-corrected chi connectivity index (χ1v) is 8.28. The van der Waals surface area contributed by atoms with Crippen molar-refractivity contribution in [3.63, 3.8) is 0 Å². The molecule has 0 saturated heterocycles. The molecule has 0 atom stereocenters. The average Bonchev–Trinajstić information content (AvgIpc) is 2.38. The Kier molecular flexibility index (Phi) is 5.83. The fraction of sp³-hybridized carbons (Fsp3) is 0.417. The van der Waals surface area contributed by atoms with E-state index in [0.29, 0.717) is 4.47 Å². The maximum atomic E-state index is 12.6. The number of halogens is 1. The van der Waals surface area contributed by atoms with Crippen LogP contribution in [0.3, 0.4) is 0 Å². The molecule has 9 heteroatoms. The molecule has 0 aliphatic heterocycles. The summed E-state index contributed by atoms with van der Waals surface area (Å²) in [6.07, 6.45) is 0.0131. The molecule has 0 aliphatic carbocycles. The van der Waals surface area contributed by atoms with Gasteiger partial charge in [0, 0.05) is 29.5 Å². The molecule has 0 aromatic heterocycles. The number of nitro benzene ring substituents is 1. The van der Waals surface area contributed by atoms with Gasteiger partial charge in [0.15, 0.2) is 4.90 Å². The third-order valence-electron chi connectivity index (χ3n) is 2.73. The van der Waals surface area contributed by atoms with Crippen molar-refractivity contribution >= 4 is 31.6 Å². The molecule has 0 N–H and O–H groups in total. The van der Waals surface area contributed by atoms with E-state index >= 15 is 0 Å². The van der Waals surface area contributed by atoms with Gasteiger partial charge in [-0.15, -0.1) is 0 Å². The lowest BCUT2D eigenvalue weighted by Gasteiger charge is -2.24. The quantitative estimate of drug-likeness (QED) is 0.561. The van der Waals surface area contributed by atoms with Crippen LogP contribution in [0.1, 0.15) is 20.3 Å². The number of sulfonamides is 1. The normalized spacial score (nSPS) is 11.6. The molecule has 0 heterocycles. The van der Waals surface area contributed by atoms with Gasteiger partial charge in [-0.2, -0.15) is 9.57 Å². The summed E-state index contributed by atoms with van der Waals surface area (Å²) in [6.45, 7) is 3.29. The molecule has 0 radical (unpaired) electrons. The zero-order valence-corrected chi connectivity index (χ0v) is 13.9. The van der Waals surface area contributed by atoms with E-state index in [9.17, 15) is 18.5 Å². The van der Waals surface area contributed by atoms with Crippen molar-refractivity contribution in [2.45, 2.75) is 31.2 Å². The summed E-state index contributed by atoms with van der Waals surface area (Å²) in [5, 5.41) is 19.7. The monoisotopic (exact) mass is 375 g/mol. The van der Waals surface area contributed by atoms with Crippen LogP contribution in [0.2, 0.25) is 0 Å². The van der Waals surface area contributed by atoms with Crippen LogP contribution < -0.4 is 0 Å². The maximum absolute atomic E-state index is 12.6. The molecule has 114 valence electrons. The van der Waals surface area contributed by atoms with Gasteiger partial charge in [-0.3, -0.25) is 10.1 Å². The highest BCUT2D eigenvalue weighted by atomic mass is 79.9.